The van der Waals surface area contributed by atoms with Gasteiger partial charge < -0.3 is 15.3 Å². The molecule has 0 aliphatic carbocycles. The SMILES string of the molecule is Cl.O=C(O)Cn1cnc2ccc(N3CCNCC3)cc2c1=O. The van der Waals surface area contributed by atoms with Crippen LogP contribution in [-0.2, 0) is 11.3 Å². The zero-order valence-corrected chi connectivity index (χ0v) is 12.7. The summed E-state index contributed by atoms with van der Waals surface area (Å²) in [6, 6.07) is 5.55. The van der Waals surface area contributed by atoms with E-state index < -0.39 is 5.97 Å². The van der Waals surface area contributed by atoms with Crippen molar-refractivity contribution in [1.82, 2.24) is 14.9 Å². The molecule has 0 bridgehead atoms. The number of piperazine rings is 1. The van der Waals surface area contributed by atoms with Gasteiger partial charge in [0.15, 0.2) is 0 Å². The van der Waals surface area contributed by atoms with E-state index >= 15 is 0 Å². The summed E-state index contributed by atoms with van der Waals surface area (Å²) in [6.07, 6.45) is 1.28. The predicted molar refractivity (Wildman–Crippen MR) is 86.0 cm³/mol. The summed E-state index contributed by atoms with van der Waals surface area (Å²) in [5.74, 6) is -1.06. The number of aromatic nitrogens is 2. The molecule has 8 heteroatoms. The Labute approximate surface area is 133 Å². The number of benzene rings is 1. The summed E-state index contributed by atoms with van der Waals surface area (Å²) < 4.78 is 1.12. The molecule has 0 saturated carbocycles. The van der Waals surface area contributed by atoms with E-state index in [1.807, 2.05) is 6.07 Å². The zero-order chi connectivity index (χ0) is 14.8. The number of carboxylic acids is 1. The van der Waals surface area contributed by atoms with Crippen molar-refractivity contribution in [3.05, 3.63) is 34.9 Å². The largest absolute Gasteiger partial charge is 0.480 e. The number of rotatable bonds is 3. The molecular weight excluding hydrogens is 308 g/mol. The van der Waals surface area contributed by atoms with Gasteiger partial charge in [-0.25, -0.2) is 4.98 Å². The van der Waals surface area contributed by atoms with Crippen molar-refractivity contribution in [3.63, 3.8) is 0 Å². The van der Waals surface area contributed by atoms with E-state index in [-0.39, 0.29) is 24.5 Å². The topological polar surface area (TPSA) is 87.5 Å². The Bertz CT molecular complexity index is 740. The fraction of sp³-hybridized carbons (Fsp3) is 0.357. The lowest BCUT2D eigenvalue weighted by Gasteiger charge is -2.29. The Kier molecular flexibility index (Phi) is 4.99. The summed E-state index contributed by atoms with van der Waals surface area (Å²) in [4.78, 5) is 29.4. The van der Waals surface area contributed by atoms with Crippen LogP contribution in [0.2, 0.25) is 0 Å². The smallest absolute Gasteiger partial charge is 0.323 e. The van der Waals surface area contributed by atoms with Gasteiger partial charge in [-0.05, 0) is 18.2 Å². The number of anilines is 1. The Morgan fingerprint density at radius 3 is 2.73 bits per heavy atom. The molecule has 2 N–H and O–H groups in total. The van der Waals surface area contributed by atoms with Crippen LogP contribution in [-0.4, -0.2) is 46.8 Å². The molecule has 1 aromatic carbocycles. The third-order valence-corrected chi connectivity index (χ3v) is 3.60. The summed E-state index contributed by atoms with van der Waals surface area (Å²) in [7, 11) is 0. The fourth-order valence-corrected chi connectivity index (χ4v) is 2.53. The number of halogens is 1. The number of hydrogen-bond acceptors (Lipinski definition) is 5. The first-order valence-electron chi connectivity index (χ1n) is 6.82. The van der Waals surface area contributed by atoms with Gasteiger partial charge in [-0.1, -0.05) is 0 Å². The Hall–Kier alpha value is -2.12. The van der Waals surface area contributed by atoms with Gasteiger partial charge in [0, 0.05) is 31.9 Å². The van der Waals surface area contributed by atoms with Crippen LogP contribution in [0.25, 0.3) is 10.9 Å². The van der Waals surface area contributed by atoms with Crippen molar-refractivity contribution in [2.75, 3.05) is 31.1 Å². The zero-order valence-electron chi connectivity index (χ0n) is 11.9. The van der Waals surface area contributed by atoms with E-state index in [1.54, 1.807) is 12.1 Å². The van der Waals surface area contributed by atoms with Crippen molar-refractivity contribution in [1.29, 1.82) is 0 Å². The highest BCUT2D eigenvalue weighted by atomic mass is 35.5. The number of nitrogens with one attached hydrogen (secondary N) is 1. The van der Waals surface area contributed by atoms with Gasteiger partial charge in [0.05, 0.1) is 17.2 Å². The van der Waals surface area contributed by atoms with Gasteiger partial charge in [-0.2, -0.15) is 0 Å². The Morgan fingerprint density at radius 1 is 1.32 bits per heavy atom. The molecule has 0 spiro atoms. The van der Waals surface area contributed by atoms with Gasteiger partial charge in [0.1, 0.15) is 6.54 Å². The van der Waals surface area contributed by atoms with Gasteiger partial charge in [0.25, 0.3) is 5.56 Å². The number of hydrogen-bond donors (Lipinski definition) is 2. The minimum atomic E-state index is -1.06. The van der Waals surface area contributed by atoms with Crippen LogP contribution in [0.15, 0.2) is 29.3 Å². The molecule has 1 aromatic heterocycles. The second kappa shape index (κ2) is 6.76. The summed E-state index contributed by atoms with van der Waals surface area (Å²) in [5.41, 5.74) is 1.23. The molecule has 1 aliphatic heterocycles. The van der Waals surface area contributed by atoms with Crippen LogP contribution < -0.4 is 15.8 Å². The summed E-state index contributed by atoms with van der Waals surface area (Å²) in [6.45, 7) is 3.21. The molecule has 118 valence electrons. The van der Waals surface area contributed by atoms with Crippen LogP contribution in [0.4, 0.5) is 5.69 Å². The van der Waals surface area contributed by atoms with Gasteiger partial charge in [-0.15, -0.1) is 12.4 Å². The van der Waals surface area contributed by atoms with Crippen LogP contribution in [0, 0.1) is 0 Å². The van der Waals surface area contributed by atoms with E-state index in [4.69, 9.17) is 5.11 Å². The average Bonchev–Trinajstić information content (AvgIpc) is 2.50. The normalized spacial score (nSPS) is 14.6. The number of carbonyl (C=O) groups is 1. The second-order valence-electron chi connectivity index (χ2n) is 5.01. The molecule has 22 heavy (non-hydrogen) atoms. The lowest BCUT2D eigenvalue weighted by Crippen LogP contribution is -2.43. The Balaban J connectivity index is 0.00000176. The lowest BCUT2D eigenvalue weighted by atomic mass is 10.2. The molecule has 1 saturated heterocycles. The molecule has 2 aromatic rings. The summed E-state index contributed by atoms with van der Waals surface area (Å²) >= 11 is 0. The van der Waals surface area contributed by atoms with Crippen molar-refractivity contribution in [2.24, 2.45) is 0 Å². The third kappa shape index (κ3) is 3.20. The number of nitrogens with zero attached hydrogens (tertiary/aromatic N) is 3. The van der Waals surface area contributed by atoms with Crippen LogP contribution >= 0.6 is 12.4 Å². The maximum atomic E-state index is 12.3. The van der Waals surface area contributed by atoms with Gasteiger partial charge in [-0.3, -0.25) is 14.2 Å². The molecule has 0 unspecified atom stereocenters. The highest BCUT2D eigenvalue weighted by Gasteiger charge is 2.13. The maximum Gasteiger partial charge on any atom is 0.323 e. The van der Waals surface area contributed by atoms with E-state index in [9.17, 15) is 9.59 Å². The molecule has 1 fully saturated rings. The minimum absolute atomic E-state index is 0. The monoisotopic (exact) mass is 324 g/mol. The first-order valence-corrected chi connectivity index (χ1v) is 6.82. The first kappa shape index (κ1) is 16.3. The molecule has 1 aliphatic rings. The minimum Gasteiger partial charge on any atom is -0.480 e. The molecule has 0 radical (unpaired) electrons. The van der Waals surface area contributed by atoms with E-state index in [0.29, 0.717) is 10.9 Å². The van der Waals surface area contributed by atoms with Crippen LogP contribution in [0.3, 0.4) is 0 Å². The number of carboxylic acid groups (broad SMARTS) is 1. The number of fused-ring (bicyclic) bond motifs is 1. The van der Waals surface area contributed by atoms with Gasteiger partial charge >= 0.3 is 5.97 Å². The molecular formula is C14H17ClN4O3. The highest BCUT2D eigenvalue weighted by Crippen LogP contribution is 2.19. The molecule has 0 atom stereocenters. The maximum absolute atomic E-state index is 12.3. The van der Waals surface area contributed by atoms with Gasteiger partial charge in [0.2, 0.25) is 0 Å². The fourth-order valence-electron chi connectivity index (χ4n) is 2.53. The van der Waals surface area contributed by atoms with Crippen LogP contribution in [0.1, 0.15) is 0 Å². The quantitative estimate of drug-likeness (QED) is 0.845. The van der Waals surface area contributed by atoms with E-state index in [0.717, 1.165) is 36.4 Å². The summed E-state index contributed by atoms with van der Waals surface area (Å²) in [5, 5.41) is 12.6. The first-order chi connectivity index (χ1) is 10.1. The van der Waals surface area contributed by atoms with Crippen molar-refractivity contribution in [2.45, 2.75) is 6.54 Å². The predicted octanol–water partition coefficient (Wildman–Crippen LogP) is 0.312. The standard InChI is InChI=1S/C14H16N4O3.ClH/c19-13(20)8-18-9-16-12-2-1-10(7-11(12)14(18)21)17-5-3-15-4-6-17;/h1-2,7,9,15H,3-6,8H2,(H,19,20);1H. The van der Waals surface area contributed by atoms with Crippen molar-refractivity contribution in [3.8, 4) is 0 Å². The molecule has 3 rings (SSSR count). The van der Waals surface area contributed by atoms with E-state index in [1.165, 1.54) is 6.33 Å². The molecule has 2 heterocycles. The van der Waals surface area contributed by atoms with Crippen LogP contribution in [0.5, 0.6) is 0 Å². The second-order valence-corrected chi connectivity index (χ2v) is 5.01. The Morgan fingerprint density at radius 2 is 2.05 bits per heavy atom. The van der Waals surface area contributed by atoms with Crippen molar-refractivity contribution >= 4 is 35.0 Å². The third-order valence-electron chi connectivity index (χ3n) is 3.60. The molecule has 7 nitrogen and oxygen atoms in total. The average molecular weight is 325 g/mol. The van der Waals surface area contributed by atoms with Crippen molar-refractivity contribution < 1.29 is 9.90 Å². The lowest BCUT2D eigenvalue weighted by molar-refractivity contribution is -0.137. The number of aliphatic carboxylic acids is 1. The molecule has 0 amide bonds. The van der Waals surface area contributed by atoms with E-state index in [2.05, 4.69) is 15.2 Å². The highest BCUT2D eigenvalue weighted by molar-refractivity contribution is 5.85.